The fraction of sp³-hybridized carbons (Fsp3) is 0.522. The smallest absolute Gasteiger partial charge is 0.313 e. The number of ether oxygens (including phenoxy) is 1. The maximum atomic E-state index is 12.1. The molecule has 1 atom stereocenters. The number of hydrogen-bond donors (Lipinski definition) is 0. The van der Waals surface area contributed by atoms with E-state index in [0.29, 0.717) is 18.9 Å². The minimum Gasteiger partial charge on any atom is -0.469 e. The Balaban J connectivity index is 1.66. The van der Waals surface area contributed by atoms with Crippen LogP contribution in [0.2, 0.25) is 0 Å². The van der Waals surface area contributed by atoms with Gasteiger partial charge in [0.05, 0.1) is 42.9 Å². The summed E-state index contributed by atoms with van der Waals surface area (Å²) in [6.45, 7) is 4.16. The molecule has 0 aliphatic heterocycles. The first-order chi connectivity index (χ1) is 14.9. The zero-order chi connectivity index (χ0) is 22.0. The second kappa shape index (κ2) is 8.50. The van der Waals surface area contributed by atoms with E-state index in [0.717, 1.165) is 35.1 Å². The first kappa shape index (κ1) is 21.0. The highest BCUT2D eigenvalue weighted by atomic mass is 16.5. The van der Waals surface area contributed by atoms with E-state index in [2.05, 4.69) is 21.1 Å². The molecule has 0 amide bonds. The molecule has 1 aliphatic rings. The predicted molar refractivity (Wildman–Crippen MR) is 116 cm³/mol. The largest absolute Gasteiger partial charge is 0.469 e. The number of esters is 1. The number of hydrogen-bond acceptors (Lipinski definition) is 6. The summed E-state index contributed by atoms with van der Waals surface area (Å²) in [7, 11) is 1.40. The van der Waals surface area contributed by atoms with Gasteiger partial charge in [-0.25, -0.2) is 9.97 Å². The third-order valence-corrected chi connectivity index (χ3v) is 6.32. The minimum atomic E-state index is -0.678. The molecule has 4 rings (SSSR count). The quantitative estimate of drug-likeness (QED) is 0.533. The molecule has 3 aromatic rings. The Morgan fingerprint density at radius 2 is 2.13 bits per heavy atom. The van der Waals surface area contributed by atoms with Gasteiger partial charge in [0.25, 0.3) is 0 Å². The van der Waals surface area contributed by atoms with Crippen molar-refractivity contribution in [1.29, 1.82) is 5.26 Å². The van der Waals surface area contributed by atoms with Crippen LogP contribution in [-0.4, -0.2) is 37.4 Å². The van der Waals surface area contributed by atoms with Gasteiger partial charge in [-0.05, 0) is 38.7 Å². The van der Waals surface area contributed by atoms with Crippen molar-refractivity contribution >= 4 is 17.0 Å². The van der Waals surface area contributed by atoms with Crippen LogP contribution < -0.4 is 0 Å². The number of nitriles is 1. The Hall–Kier alpha value is -3.21. The molecule has 31 heavy (non-hydrogen) atoms. The Labute approximate surface area is 181 Å². The first-order valence-corrected chi connectivity index (χ1v) is 10.7. The third-order valence-electron chi connectivity index (χ3n) is 6.32. The summed E-state index contributed by atoms with van der Waals surface area (Å²) in [5.41, 5.74) is 1.79. The van der Waals surface area contributed by atoms with Gasteiger partial charge >= 0.3 is 5.97 Å². The number of aromatic nitrogens is 5. The molecule has 0 bridgehead atoms. The molecule has 3 heterocycles. The molecule has 0 radical (unpaired) electrons. The molecule has 3 aromatic heterocycles. The van der Waals surface area contributed by atoms with Crippen LogP contribution >= 0.6 is 0 Å². The molecule has 0 N–H and O–H groups in total. The summed E-state index contributed by atoms with van der Waals surface area (Å²) < 4.78 is 8.84. The second-order valence-electron chi connectivity index (χ2n) is 8.96. The van der Waals surface area contributed by atoms with Gasteiger partial charge in [0.2, 0.25) is 0 Å². The standard InChI is InChI=1S/C23H28N6O2/c1-23(2,22(30)31-3)14-28-11-9-18-20(25-15-26-21(18)28)17-12-27-29(13-17)19(8-10-24)16-6-4-5-7-16/h9,11-13,15-16,19H,4-8,14H2,1-3H3. The van der Waals surface area contributed by atoms with Crippen molar-refractivity contribution in [3.8, 4) is 17.3 Å². The molecule has 0 saturated heterocycles. The summed E-state index contributed by atoms with van der Waals surface area (Å²) in [5, 5.41) is 14.8. The lowest BCUT2D eigenvalue weighted by molar-refractivity contribution is -0.151. The molecule has 1 fully saturated rings. The third kappa shape index (κ3) is 4.05. The van der Waals surface area contributed by atoms with E-state index in [-0.39, 0.29) is 12.0 Å². The SMILES string of the molecule is COC(=O)C(C)(C)Cn1ccc2c(-c3cnn(C(CC#N)C4CCCC4)c3)ncnc21. The van der Waals surface area contributed by atoms with Gasteiger partial charge < -0.3 is 9.30 Å². The van der Waals surface area contributed by atoms with Crippen LogP contribution in [0, 0.1) is 22.7 Å². The maximum absolute atomic E-state index is 12.1. The average molecular weight is 421 g/mol. The monoisotopic (exact) mass is 420 g/mol. The summed E-state index contributed by atoms with van der Waals surface area (Å²) in [4.78, 5) is 21.1. The van der Waals surface area contributed by atoms with E-state index in [1.54, 1.807) is 6.33 Å². The topological polar surface area (TPSA) is 98.6 Å². The van der Waals surface area contributed by atoms with Crippen LogP contribution in [0.3, 0.4) is 0 Å². The summed E-state index contributed by atoms with van der Waals surface area (Å²) in [6.07, 6.45) is 12.5. The van der Waals surface area contributed by atoms with Gasteiger partial charge in [-0.3, -0.25) is 9.48 Å². The Kier molecular flexibility index (Phi) is 5.77. The predicted octanol–water partition coefficient (Wildman–Crippen LogP) is 4.14. The van der Waals surface area contributed by atoms with Crippen LogP contribution in [0.15, 0.2) is 31.0 Å². The fourth-order valence-electron chi connectivity index (χ4n) is 4.68. The van der Waals surface area contributed by atoms with E-state index in [4.69, 9.17) is 4.74 Å². The highest BCUT2D eigenvalue weighted by Crippen LogP contribution is 2.37. The summed E-state index contributed by atoms with van der Waals surface area (Å²) in [5.74, 6) is 0.236. The summed E-state index contributed by atoms with van der Waals surface area (Å²) >= 11 is 0. The van der Waals surface area contributed by atoms with E-state index in [1.165, 1.54) is 20.0 Å². The van der Waals surface area contributed by atoms with Gasteiger partial charge in [-0.1, -0.05) is 12.8 Å². The number of carbonyl (C=O) groups excluding carboxylic acids is 1. The molecule has 0 spiro atoms. The number of fused-ring (bicyclic) bond motifs is 1. The van der Waals surface area contributed by atoms with Crippen molar-refractivity contribution in [2.45, 2.75) is 58.5 Å². The molecule has 8 heteroatoms. The van der Waals surface area contributed by atoms with Crippen molar-refractivity contribution in [2.75, 3.05) is 7.11 Å². The van der Waals surface area contributed by atoms with E-state index in [1.807, 2.05) is 47.8 Å². The van der Waals surface area contributed by atoms with Gasteiger partial charge in [-0.15, -0.1) is 0 Å². The Bertz CT molecular complexity index is 1120. The average Bonchev–Trinajstić information content (AvgIpc) is 3.52. The molecule has 1 unspecified atom stereocenters. The zero-order valence-corrected chi connectivity index (χ0v) is 18.3. The highest BCUT2D eigenvalue weighted by molar-refractivity contribution is 5.90. The van der Waals surface area contributed by atoms with E-state index in [9.17, 15) is 10.1 Å². The van der Waals surface area contributed by atoms with Crippen molar-refractivity contribution in [3.05, 3.63) is 31.0 Å². The lowest BCUT2D eigenvalue weighted by Gasteiger charge is -2.22. The van der Waals surface area contributed by atoms with Gasteiger partial charge in [-0.2, -0.15) is 10.4 Å². The van der Waals surface area contributed by atoms with Gasteiger partial charge in [0.1, 0.15) is 12.0 Å². The normalized spacial score (nSPS) is 15.8. The molecular weight excluding hydrogens is 392 g/mol. The van der Waals surface area contributed by atoms with Crippen LogP contribution in [0.4, 0.5) is 0 Å². The molecule has 0 aromatic carbocycles. The van der Waals surface area contributed by atoms with Crippen molar-refractivity contribution in [2.24, 2.45) is 11.3 Å². The van der Waals surface area contributed by atoms with Crippen molar-refractivity contribution in [1.82, 2.24) is 24.3 Å². The van der Waals surface area contributed by atoms with Crippen LogP contribution in [0.25, 0.3) is 22.3 Å². The number of methoxy groups -OCH3 is 1. The Morgan fingerprint density at radius 1 is 1.35 bits per heavy atom. The van der Waals surface area contributed by atoms with Crippen molar-refractivity contribution < 1.29 is 9.53 Å². The number of carbonyl (C=O) groups is 1. The van der Waals surface area contributed by atoms with E-state index >= 15 is 0 Å². The number of nitrogens with zero attached hydrogens (tertiary/aromatic N) is 6. The van der Waals surface area contributed by atoms with E-state index < -0.39 is 5.41 Å². The number of rotatable bonds is 7. The van der Waals surface area contributed by atoms with Crippen LogP contribution in [0.5, 0.6) is 0 Å². The Morgan fingerprint density at radius 3 is 2.84 bits per heavy atom. The highest BCUT2D eigenvalue weighted by Gasteiger charge is 2.30. The van der Waals surface area contributed by atoms with Crippen molar-refractivity contribution in [3.63, 3.8) is 0 Å². The molecule has 1 aliphatic carbocycles. The van der Waals surface area contributed by atoms with Gasteiger partial charge in [0.15, 0.2) is 0 Å². The molecule has 8 nitrogen and oxygen atoms in total. The fourth-order valence-corrected chi connectivity index (χ4v) is 4.68. The lowest BCUT2D eigenvalue weighted by atomic mass is 9.94. The first-order valence-electron chi connectivity index (χ1n) is 10.7. The second-order valence-corrected chi connectivity index (χ2v) is 8.96. The molecule has 162 valence electrons. The van der Waals surface area contributed by atoms with Crippen LogP contribution in [0.1, 0.15) is 52.0 Å². The molecule has 1 saturated carbocycles. The summed E-state index contributed by atoms with van der Waals surface area (Å²) in [6, 6.07) is 4.41. The maximum Gasteiger partial charge on any atom is 0.313 e. The molecular formula is C23H28N6O2. The zero-order valence-electron chi connectivity index (χ0n) is 18.3. The van der Waals surface area contributed by atoms with Gasteiger partial charge in [0, 0.05) is 29.9 Å². The minimum absolute atomic E-state index is 0.101. The lowest BCUT2D eigenvalue weighted by Crippen LogP contribution is -2.30. The van der Waals surface area contributed by atoms with Crippen LogP contribution in [-0.2, 0) is 16.1 Å².